The van der Waals surface area contributed by atoms with Crippen LogP contribution in [0, 0.1) is 0 Å². The molecular formula is C17H21NO3. The van der Waals surface area contributed by atoms with Gasteiger partial charge in [0.25, 0.3) is 0 Å². The first-order chi connectivity index (χ1) is 10.1. The highest BCUT2D eigenvalue weighted by Crippen LogP contribution is 2.20. The van der Waals surface area contributed by atoms with Crippen LogP contribution < -0.4 is 10.1 Å². The van der Waals surface area contributed by atoms with Crippen molar-refractivity contribution in [1.29, 1.82) is 0 Å². The predicted molar refractivity (Wildman–Crippen MR) is 81.8 cm³/mol. The van der Waals surface area contributed by atoms with Crippen LogP contribution in [0.25, 0.3) is 6.08 Å². The minimum atomic E-state index is -0.373. The number of carbonyl (C=O) groups excluding carboxylic acids is 2. The Morgan fingerprint density at radius 2 is 1.90 bits per heavy atom. The van der Waals surface area contributed by atoms with E-state index < -0.39 is 0 Å². The molecule has 4 heteroatoms. The van der Waals surface area contributed by atoms with Crippen molar-refractivity contribution in [2.75, 3.05) is 0 Å². The second kappa shape index (κ2) is 7.62. The molecule has 2 rings (SSSR count). The molecule has 0 saturated heterocycles. The molecule has 0 unspecified atom stereocenters. The Morgan fingerprint density at radius 3 is 2.62 bits per heavy atom. The Morgan fingerprint density at radius 1 is 1.19 bits per heavy atom. The van der Waals surface area contributed by atoms with Crippen LogP contribution in [0.5, 0.6) is 5.75 Å². The molecule has 1 aliphatic carbocycles. The first-order valence-electron chi connectivity index (χ1n) is 7.41. The van der Waals surface area contributed by atoms with Gasteiger partial charge in [-0.15, -0.1) is 0 Å². The summed E-state index contributed by atoms with van der Waals surface area (Å²) in [5.41, 5.74) is 0.714. The molecule has 1 saturated carbocycles. The van der Waals surface area contributed by atoms with E-state index in [-0.39, 0.29) is 11.9 Å². The molecular weight excluding hydrogens is 266 g/mol. The van der Waals surface area contributed by atoms with Crippen molar-refractivity contribution in [1.82, 2.24) is 5.32 Å². The van der Waals surface area contributed by atoms with E-state index in [9.17, 15) is 9.59 Å². The van der Waals surface area contributed by atoms with Crippen molar-refractivity contribution in [2.45, 2.75) is 45.1 Å². The number of amides is 1. The smallest absolute Gasteiger partial charge is 0.308 e. The number of nitrogens with one attached hydrogen (secondary N) is 1. The van der Waals surface area contributed by atoms with E-state index in [1.165, 1.54) is 32.3 Å². The molecule has 1 amide bonds. The molecule has 1 aliphatic rings. The number of hydrogen-bond donors (Lipinski definition) is 1. The SMILES string of the molecule is CC(=O)Oc1ccccc1/C=C\C(=O)NC1CCCCC1. The Kier molecular flexibility index (Phi) is 5.55. The summed E-state index contributed by atoms with van der Waals surface area (Å²) in [5, 5.41) is 3.02. The molecule has 1 N–H and O–H groups in total. The van der Waals surface area contributed by atoms with Crippen molar-refractivity contribution < 1.29 is 14.3 Å². The Bertz CT molecular complexity index is 531. The van der Waals surface area contributed by atoms with Crippen molar-refractivity contribution in [3.05, 3.63) is 35.9 Å². The Labute approximate surface area is 125 Å². The molecule has 0 atom stereocenters. The normalized spacial score (nSPS) is 15.9. The van der Waals surface area contributed by atoms with Crippen LogP contribution in [0.3, 0.4) is 0 Å². The number of rotatable bonds is 4. The third-order valence-corrected chi connectivity index (χ3v) is 3.54. The third kappa shape index (κ3) is 5.06. The van der Waals surface area contributed by atoms with Gasteiger partial charge in [0.15, 0.2) is 0 Å². The van der Waals surface area contributed by atoms with Gasteiger partial charge in [0.2, 0.25) is 5.91 Å². The summed E-state index contributed by atoms with van der Waals surface area (Å²) in [6, 6.07) is 7.44. The number of carbonyl (C=O) groups is 2. The van der Waals surface area contributed by atoms with Crippen LogP contribution in [0.2, 0.25) is 0 Å². The third-order valence-electron chi connectivity index (χ3n) is 3.54. The van der Waals surface area contributed by atoms with E-state index in [0.717, 1.165) is 12.8 Å². The molecule has 0 radical (unpaired) electrons. The fourth-order valence-corrected chi connectivity index (χ4v) is 2.53. The van der Waals surface area contributed by atoms with Gasteiger partial charge in [-0.3, -0.25) is 9.59 Å². The lowest BCUT2D eigenvalue weighted by molar-refractivity contribution is -0.131. The lowest BCUT2D eigenvalue weighted by Crippen LogP contribution is -2.34. The van der Waals surface area contributed by atoms with Gasteiger partial charge in [-0.2, -0.15) is 0 Å². The molecule has 0 heterocycles. The topological polar surface area (TPSA) is 55.4 Å². The van der Waals surface area contributed by atoms with E-state index in [1.807, 2.05) is 12.1 Å². The van der Waals surface area contributed by atoms with Gasteiger partial charge in [-0.1, -0.05) is 37.5 Å². The molecule has 0 aliphatic heterocycles. The highest BCUT2D eigenvalue weighted by atomic mass is 16.5. The Hall–Kier alpha value is -2.10. The number of ether oxygens (including phenoxy) is 1. The summed E-state index contributed by atoms with van der Waals surface area (Å²) in [7, 11) is 0. The Balaban J connectivity index is 1.96. The maximum Gasteiger partial charge on any atom is 0.308 e. The quantitative estimate of drug-likeness (QED) is 0.526. The molecule has 0 spiro atoms. The highest BCUT2D eigenvalue weighted by molar-refractivity contribution is 5.92. The average molecular weight is 287 g/mol. The minimum absolute atomic E-state index is 0.0977. The fourth-order valence-electron chi connectivity index (χ4n) is 2.53. The van der Waals surface area contributed by atoms with E-state index in [0.29, 0.717) is 17.4 Å². The lowest BCUT2D eigenvalue weighted by Gasteiger charge is -2.21. The summed E-state index contributed by atoms with van der Waals surface area (Å²) in [4.78, 5) is 23.0. The van der Waals surface area contributed by atoms with Crippen LogP contribution in [0.15, 0.2) is 30.3 Å². The zero-order valence-corrected chi connectivity index (χ0v) is 12.3. The summed E-state index contributed by atoms with van der Waals surface area (Å²) in [6.07, 6.45) is 8.92. The second-order valence-corrected chi connectivity index (χ2v) is 5.31. The number of hydrogen-bond acceptors (Lipinski definition) is 3. The number of benzene rings is 1. The summed E-state index contributed by atoms with van der Waals surface area (Å²) in [5.74, 6) is -0.00579. The fraction of sp³-hybridized carbons (Fsp3) is 0.412. The summed E-state index contributed by atoms with van der Waals surface area (Å²) < 4.78 is 5.11. The van der Waals surface area contributed by atoms with Crippen molar-refractivity contribution in [3.63, 3.8) is 0 Å². The molecule has 4 nitrogen and oxygen atoms in total. The molecule has 112 valence electrons. The van der Waals surface area contributed by atoms with Crippen LogP contribution in [-0.4, -0.2) is 17.9 Å². The minimum Gasteiger partial charge on any atom is -0.426 e. The second-order valence-electron chi connectivity index (χ2n) is 5.31. The van der Waals surface area contributed by atoms with Gasteiger partial charge in [0.05, 0.1) is 0 Å². The van der Waals surface area contributed by atoms with Crippen LogP contribution in [0.4, 0.5) is 0 Å². The van der Waals surface area contributed by atoms with Crippen LogP contribution in [0.1, 0.15) is 44.6 Å². The maximum atomic E-state index is 11.9. The molecule has 1 aromatic rings. The predicted octanol–water partition coefficient (Wildman–Crippen LogP) is 3.07. The van der Waals surface area contributed by atoms with Gasteiger partial charge in [0, 0.05) is 24.6 Å². The van der Waals surface area contributed by atoms with Crippen LogP contribution >= 0.6 is 0 Å². The van der Waals surface area contributed by atoms with Gasteiger partial charge >= 0.3 is 5.97 Å². The largest absolute Gasteiger partial charge is 0.426 e. The van der Waals surface area contributed by atoms with E-state index >= 15 is 0 Å². The lowest BCUT2D eigenvalue weighted by atomic mass is 9.95. The molecule has 1 fully saturated rings. The average Bonchev–Trinajstić information content (AvgIpc) is 2.47. The zero-order valence-electron chi connectivity index (χ0n) is 12.3. The molecule has 0 bridgehead atoms. The van der Waals surface area contributed by atoms with Gasteiger partial charge in [-0.25, -0.2) is 0 Å². The summed E-state index contributed by atoms with van der Waals surface area (Å²) in [6.45, 7) is 1.36. The van der Waals surface area contributed by atoms with Crippen molar-refractivity contribution in [3.8, 4) is 5.75 Å². The first kappa shape index (κ1) is 15.3. The molecule has 21 heavy (non-hydrogen) atoms. The monoisotopic (exact) mass is 287 g/mol. The highest BCUT2D eigenvalue weighted by Gasteiger charge is 2.14. The van der Waals surface area contributed by atoms with Gasteiger partial charge < -0.3 is 10.1 Å². The maximum absolute atomic E-state index is 11.9. The standard InChI is InChI=1S/C17H21NO3/c1-13(19)21-16-10-6-5-7-14(16)11-12-17(20)18-15-8-3-2-4-9-15/h5-7,10-12,15H,2-4,8-9H2,1H3,(H,18,20)/b12-11-. The van der Waals surface area contributed by atoms with E-state index in [4.69, 9.17) is 4.74 Å². The number of para-hydroxylation sites is 1. The molecule has 1 aromatic carbocycles. The van der Waals surface area contributed by atoms with Crippen molar-refractivity contribution >= 4 is 18.0 Å². The van der Waals surface area contributed by atoms with Crippen molar-refractivity contribution in [2.24, 2.45) is 0 Å². The van der Waals surface area contributed by atoms with Crippen LogP contribution in [-0.2, 0) is 9.59 Å². The van der Waals surface area contributed by atoms with E-state index in [2.05, 4.69) is 5.32 Å². The zero-order chi connectivity index (χ0) is 15.1. The molecule has 0 aromatic heterocycles. The van der Waals surface area contributed by atoms with Gasteiger partial charge in [-0.05, 0) is 25.0 Å². The van der Waals surface area contributed by atoms with E-state index in [1.54, 1.807) is 18.2 Å². The first-order valence-corrected chi connectivity index (χ1v) is 7.41. The number of esters is 1. The summed E-state index contributed by atoms with van der Waals surface area (Å²) >= 11 is 0. The van der Waals surface area contributed by atoms with Gasteiger partial charge in [0.1, 0.15) is 5.75 Å².